The van der Waals surface area contributed by atoms with Crippen LogP contribution in [0.25, 0.3) is 11.0 Å². The molecule has 0 saturated carbocycles. The smallest absolute Gasteiger partial charge is 0.156 e. The van der Waals surface area contributed by atoms with E-state index in [-0.39, 0.29) is 5.92 Å². The van der Waals surface area contributed by atoms with Gasteiger partial charge < -0.3 is 5.32 Å². The number of aromatic nitrogens is 6. The molecule has 0 fully saturated rings. The maximum Gasteiger partial charge on any atom is 0.156 e. The van der Waals surface area contributed by atoms with Gasteiger partial charge in [-0.15, -0.1) is 0 Å². The molecule has 0 aromatic carbocycles. The molecule has 0 spiro atoms. The Kier molecular flexibility index (Phi) is 3.79. The van der Waals surface area contributed by atoms with Crippen molar-refractivity contribution < 1.29 is 0 Å². The van der Waals surface area contributed by atoms with E-state index >= 15 is 0 Å². The summed E-state index contributed by atoms with van der Waals surface area (Å²) in [7, 11) is 1.92. The van der Waals surface area contributed by atoms with Crippen molar-refractivity contribution in [1.29, 1.82) is 0 Å². The molecule has 3 heterocycles. The number of hydrogen-bond acceptors (Lipinski definition) is 5. The van der Waals surface area contributed by atoms with Crippen LogP contribution in [0, 0.1) is 6.92 Å². The lowest BCUT2D eigenvalue weighted by Gasteiger charge is -2.11. The lowest BCUT2D eigenvalue weighted by molar-refractivity contribution is 0.636. The van der Waals surface area contributed by atoms with Gasteiger partial charge in [-0.25, -0.2) is 9.97 Å². The Hall–Kier alpha value is -2.44. The number of nitrogens with zero attached hydrogens (tertiary/aromatic N) is 6. The van der Waals surface area contributed by atoms with Gasteiger partial charge >= 0.3 is 0 Å². The Morgan fingerprint density at radius 1 is 1.27 bits per heavy atom. The maximum atomic E-state index is 4.68. The largest absolute Gasteiger partial charge is 0.366 e. The summed E-state index contributed by atoms with van der Waals surface area (Å²) in [6.07, 6.45) is 3.73. The zero-order valence-electron chi connectivity index (χ0n) is 13.4. The minimum Gasteiger partial charge on any atom is -0.366 e. The normalized spacial score (nSPS) is 11.5. The van der Waals surface area contributed by atoms with Gasteiger partial charge in [-0.05, 0) is 13.0 Å². The van der Waals surface area contributed by atoms with Crippen LogP contribution in [0.1, 0.15) is 31.3 Å². The molecule has 0 saturated heterocycles. The van der Waals surface area contributed by atoms with Crippen molar-refractivity contribution in [2.45, 2.75) is 33.2 Å². The van der Waals surface area contributed by atoms with Gasteiger partial charge in [-0.2, -0.15) is 10.2 Å². The van der Waals surface area contributed by atoms with Crippen LogP contribution in [0.5, 0.6) is 0 Å². The Bertz CT molecular complexity index is 771. The topological polar surface area (TPSA) is 73.5 Å². The predicted molar refractivity (Wildman–Crippen MR) is 85.8 cm³/mol. The number of aryl methyl sites for hydroxylation is 2. The highest BCUT2D eigenvalue weighted by Gasteiger charge is 2.16. The van der Waals surface area contributed by atoms with E-state index in [1.165, 1.54) is 0 Å². The first-order chi connectivity index (χ1) is 10.6. The van der Waals surface area contributed by atoms with Crippen LogP contribution in [-0.4, -0.2) is 36.1 Å². The fourth-order valence-electron chi connectivity index (χ4n) is 2.46. The van der Waals surface area contributed by atoms with E-state index in [0.29, 0.717) is 0 Å². The average molecular weight is 299 g/mol. The predicted octanol–water partition coefficient (Wildman–Crippen LogP) is 2.10. The summed E-state index contributed by atoms with van der Waals surface area (Å²) in [5.41, 5.74) is 2.79. The van der Waals surface area contributed by atoms with E-state index in [1.807, 2.05) is 35.6 Å². The van der Waals surface area contributed by atoms with Gasteiger partial charge in [-0.3, -0.25) is 9.36 Å². The first-order valence-electron chi connectivity index (χ1n) is 7.49. The molecule has 0 aliphatic heterocycles. The Morgan fingerprint density at radius 3 is 2.77 bits per heavy atom. The molecular weight excluding hydrogens is 278 g/mol. The summed E-state index contributed by atoms with van der Waals surface area (Å²) < 4.78 is 3.73. The molecule has 116 valence electrons. The van der Waals surface area contributed by atoms with Gasteiger partial charge in [0, 0.05) is 31.9 Å². The second-order valence-corrected chi connectivity index (χ2v) is 5.69. The summed E-state index contributed by atoms with van der Waals surface area (Å²) >= 11 is 0. The van der Waals surface area contributed by atoms with Crippen LogP contribution in [0.15, 0.2) is 18.5 Å². The van der Waals surface area contributed by atoms with Gasteiger partial charge in [0.25, 0.3) is 0 Å². The van der Waals surface area contributed by atoms with Crippen LogP contribution in [0.2, 0.25) is 0 Å². The molecule has 0 aliphatic carbocycles. The zero-order valence-corrected chi connectivity index (χ0v) is 13.4. The lowest BCUT2D eigenvalue weighted by atomic mass is 10.2. The molecule has 22 heavy (non-hydrogen) atoms. The summed E-state index contributed by atoms with van der Waals surface area (Å²) in [5.74, 6) is 1.95. The van der Waals surface area contributed by atoms with Crippen molar-refractivity contribution in [1.82, 2.24) is 29.5 Å². The monoisotopic (exact) mass is 299 g/mol. The van der Waals surface area contributed by atoms with Crippen molar-refractivity contribution >= 4 is 16.9 Å². The molecule has 0 bridgehead atoms. The minimum atomic E-state index is 0.274. The molecule has 7 heteroatoms. The van der Waals surface area contributed by atoms with Gasteiger partial charge in [0.15, 0.2) is 5.82 Å². The van der Waals surface area contributed by atoms with Crippen molar-refractivity contribution in [3.63, 3.8) is 0 Å². The van der Waals surface area contributed by atoms with Crippen molar-refractivity contribution in [3.05, 3.63) is 30.0 Å². The van der Waals surface area contributed by atoms with E-state index in [9.17, 15) is 0 Å². The van der Waals surface area contributed by atoms with Crippen molar-refractivity contribution in [3.8, 4) is 0 Å². The molecule has 0 aliphatic rings. The SMILES string of the molecule is Cc1nn(C)c2c(NCCn3cccn3)nc(C(C)C)nc12. The van der Waals surface area contributed by atoms with Crippen molar-refractivity contribution in [2.24, 2.45) is 7.05 Å². The van der Waals surface area contributed by atoms with Crippen molar-refractivity contribution in [2.75, 3.05) is 11.9 Å². The highest BCUT2D eigenvalue weighted by Crippen LogP contribution is 2.24. The van der Waals surface area contributed by atoms with E-state index in [2.05, 4.69) is 39.3 Å². The highest BCUT2D eigenvalue weighted by molar-refractivity contribution is 5.87. The minimum absolute atomic E-state index is 0.274. The molecule has 0 amide bonds. The molecular formula is C15H21N7. The second kappa shape index (κ2) is 5.75. The van der Waals surface area contributed by atoms with Gasteiger partial charge in [0.05, 0.1) is 12.2 Å². The molecule has 0 unspecified atom stereocenters. The van der Waals surface area contributed by atoms with Crippen LogP contribution in [0.3, 0.4) is 0 Å². The molecule has 3 rings (SSSR count). The third kappa shape index (κ3) is 2.66. The summed E-state index contributed by atoms with van der Waals surface area (Å²) in [4.78, 5) is 9.34. The van der Waals surface area contributed by atoms with E-state index in [0.717, 1.165) is 41.5 Å². The van der Waals surface area contributed by atoms with E-state index in [4.69, 9.17) is 0 Å². The second-order valence-electron chi connectivity index (χ2n) is 5.69. The Labute approximate surface area is 129 Å². The highest BCUT2D eigenvalue weighted by atomic mass is 15.3. The first-order valence-corrected chi connectivity index (χ1v) is 7.49. The fraction of sp³-hybridized carbons (Fsp3) is 0.467. The molecule has 1 N–H and O–H groups in total. The lowest BCUT2D eigenvalue weighted by Crippen LogP contribution is -2.14. The third-order valence-electron chi connectivity index (χ3n) is 3.58. The zero-order chi connectivity index (χ0) is 15.7. The Morgan fingerprint density at radius 2 is 2.09 bits per heavy atom. The van der Waals surface area contributed by atoms with E-state index < -0.39 is 0 Å². The first kappa shape index (κ1) is 14.5. The van der Waals surface area contributed by atoms with Gasteiger partial charge in [0.2, 0.25) is 0 Å². The molecule has 0 atom stereocenters. The van der Waals surface area contributed by atoms with Gasteiger partial charge in [-0.1, -0.05) is 13.8 Å². The molecule has 0 radical (unpaired) electrons. The number of rotatable bonds is 5. The standard InChI is InChI=1S/C15H21N7/c1-10(2)14-18-12-11(3)20-21(4)13(12)15(19-14)16-7-9-22-8-5-6-17-22/h5-6,8,10H,7,9H2,1-4H3,(H,16,18,19). The van der Waals surface area contributed by atoms with E-state index in [1.54, 1.807) is 6.20 Å². The summed E-state index contributed by atoms with van der Waals surface area (Å²) in [6, 6.07) is 1.92. The van der Waals surface area contributed by atoms with Crippen LogP contribution < -0.4 is 5.32 Å². The average Bonchev–Trinajstić information content (AvgIpc) is 3.08. The Balaban J connectivity index is 1.92. The van der Waals surface area contributed by atoms with Crippen LogP contribution >= 0.6 is 0 Å². The van der Waals surface area contributed by atoms with Crippen LogP contribution in [-0.2, 0) is 13.6 Å². The molecule has 3 aromatic heterocycles. The van der Waals surface area contributed by atoms with Gasteiger partial charge in [0.1, 0.15) is 16.9 Å². The molecule has 7 nitrogen and oxygen atoms in total. The number of anilines is 1. The van der Waals surface area contributed by atoms with Crippen LogP contribution in [0.4, 0.5) is 5.82 Å². The summed E-state index contributed by atoms with van der Waals surface area (Å²) in [5, 5.41) is 12.1. The summed E-state index contributed by atoms with van der Waals surface area (Å²) in [6.45, 7) is 7.70. The molecule has 3 aromatic rings. The number of hydrogen-bond donors (Lipinski definition) is 1. The quantitative estimate of drug-likeness (QED) is 0.781. The number of fused-ring (bicyclic) bond motifs is 1. The maximum absolute atomic E-state index is 4.68. The fourth-order valence-corrected chi connectivity index (χ4v) is 2.46. The third-order valence-corrected chi connectivity index (χ3v) is 3.58. The number of nitrogens with one attached hydrogen (secondary N) is 1.